The lowest BCUT2D eigenvalue weighted by Gasteiger charge is -2.39. The maximum Gasteiger partial charge on any atom is 0.410 e. The van der Waals surface area contributed by atoms with Crippen LogP contribution in [0.5, 0.6) is 0 Å². The summed E-state index contributed by atoms with van der Waals surface area (Å²) in [5.74, 6) is 0.478. The monoisotopic (exact) mass is 380 g/mol. The van der Waals surface area contributed by atoms with Gasteiger partial charge in [0.25, 0.3) is 0 Å². The molecule has 26 heavy (non-hydrogen) atoms. The zero-order valence-corrected chi connectivity index (χ0v) is 17.3. The van der Waals surface area contributed by atoms with Crippen LogP contribution in [0.2, 0.25) is 5.02 Å². The van der Waals surface area contributed by atoms with Gasteiger partial charge in [-0.2, -0.15) is 0 Å². The van der Waals surface area contributed by atoms with Crippen LogP contribution in [0.1, 0.15) is 52.5 Å². The first kappa shape index (κ1) is 21.0. The second kappa shape index (κ2) is 9.61. The van der Waals surface area contributed by atoms with Crippen LogP contribution in [0.3, 0.4) is 0 Å². The van der Waals surface area contributed by atoms with E-state index < -0.39 is 5.60 Å². The summed E-state index contributed by atoms with van der Waals surface area (Å²) in [6.07, 6.45) is 4.03. The molecular weight excluding hydrogens is 348 g/mol. The summed E-state index contributed by atoms with van der Waals surface area (Å²) in [6.45, 7) is 10.4. The van der Waals surface area contributed by atoms with E-state index in [1.165, 1.54) is 5.56 Å². The molecular formula is C21H33ClN2O2. The molecule has 1 N–H and O–H groups in total. The molecule has 0 aromatic heterocycles. The topological polar surface area (TPSA) is 41.6 Å². The molecule has 1 aliphatic heterocycles. The molecule has 1 heterocycles. The van der Waals surface area contributed by atoms with E-state index in [1.54, 1.807) is 0 Å². The standard InChI is InChI=1S/C21H33ClN2O2/c1-5-6-17-15-24(20(25)26-21(2,3)4)14-12-19(17)23-13-11-16-7-9-18(22)10-8-16/h7-10,17,19,23H,5-6,11-15H2,1-4H3/t17-,19-/m0/s1. The second-order valence-electron chi connectivity index (χ2n) is 8.20. The Morgan fingerprint density at radius 2 is 2.00 bits per heavy atom. The van der Waals surface area contributed by atoms with Crippen LogP contribution in [-0.2, 0) is 11.2 Å². The number of likely N-dealkylation sites (tertiary alicyclic amines) is 1. The fraction of sp³-hybridized carbons (Fsp3) is 0.667. The SMILES string of the molecule is CCC[C@H]1CN(C(=O)OC(C)(C)C)CC[C@@H]1NCCc1ccc(Cl)cc1. The quantitative estimate of drug-likeness (QED) is 0.763. The van der Waals surface area contributed by atoms with E-state index in [2.05, 4.69) is 24.4 Å². The van der Waals surface area contributed by atoms with Crippen molar-refractivity contribution in [3.63, 3.8) is 0 Å². The Labute approximate surface area is 163 Å². The van der Waals surface area contributed by atoms with Gasteiger partial charge in [-0.25, -0.2) is 4.79 Å². The van der Waals surface area contributed by atoms with Gasteiger partial charge >= 0.3 is 6.09 Å². The molecule has 0 spiro atoms. The lowest BCUT2D eigenvalue weighted by molar-refractivity contribution is 0.0126. The molecule has 1 aliphatic rings. The van der Waals surface area contributed by atoms with Crippen molar-refractivity contribution in [1.82, 2.24) is 10.2 Å². The van der Waals surface area contributed by atoms with Crippen molar-refractivity contribution in [2.45, 2.75) is 65.0 Å². The summed E-state index contributed by atoms with van der Waals surface area (Å²) in [4.78, 5) is 14.2. The number of benzene rings is 1. The zero-order chi connectivity index (χ0) is 19.2. The number of hydrogen-bond acceptors (Lipinski definition) is 3. The van der Waals surface area contributed by atoms with Crippen LogP contribution in [0.25, 0.3) is 0 Å². The zero-order valence-electron chi connectivity index (χ0n) is 16.6. The average molecular weight is 381 g/mol. The minimum absolute atomic E-state index is 0.182. The molecule has 0 radical (unpaired) electrons. The number of hydrogen-bond donors (Lipinski definition) is 1. The van der Waals surface area contributed by atoms with Gasteiger partial charge in [-0.1, -0.05) is 37.1 Å². The number of rotatable bonds is 6. The normalized spacial score (nSPS) is 20.9. The van der Waals surface area contributed by atoms with E-state index in [9.17, 15) is 4.79 Å². The van der Waals surface area contributed by atoms with E-state index in [0.717, 1.165) is 50.3 Å². The van der Waals surface area contributed by atoms with E-state index in [-0.39, 0.29) is 6.09 Å². The van der Waals surface area contributed by atoms with Crippen LogP contribution in [0.15, 0.2) is 24.3 Å². The van der Waals surface area contributed by atoms with Crippen LogP contribution in [-0.4, -0.2) is 42.3 Å². The summed E-state index contributed by atoms with van der Waals surface area (Å²) in [5, 5.41) is 4.49. The van der Waals surface area contributed by atoms with Gasteiger partial charge in [-0.15, -0.1) is 0 Å². The first-order chi connectivity index (χ1) is 12.3. The molecule has 1 fully saturated rings. The van der Waals surface area contributed by atoms with Gasteiger partial charge in [0.05, 0.1) is 0 Å². The number of amides is 1. The fourth-order valence-corrected chi connectivity index (χ4v) is 3.64. The van der Waals surface area contributed by atoms with Crippen molar-refractivity contribution in [2.24, 2.45) is 5.92 Å². The minimum atomic E-state index is -0.439. The van der Waals surface area contributed by atoms with Gasteiger partial charge in [0.15, 0.2) is 0 Å². The highest BCUT2D eigenvalue weighted by Crippen LogP contribution is 2.23. The van der Waals surface area contributed by atoms with E-state index in [1.807, 2.05) is 37.8 Å². The number of carbonyl (C=O) groups excluding carboxylic acids is 1. The predicted molar refractivity (Wildman–Crippen MR) is 108 cm³/mol. The Morgan fingerprint density at radius 1 is 1.31 bits per heavy atom. The number of piperidine rings is 1. The number of halogens is 1. The predicted octanol–water partition coefficient (Wildman–Crippen LogP) is 4.90. The fourth-order valence-electron chi connectivity index (χ4n) is 3.51. The van der Waals surface area contributed by atoms with Gasteiger partial charge in [-0.05, 0) is 70.2 Å². The summed E-state index contributed by atoms with van der Waals surface area (Å²) in [5.41, 5.74) is 0.852. The third kappa shape index (κ3) is 6.81. The molecule has 0 aliphatic carbocycles. The molecule has 1 amide bonds. The molecule has 1 aromatic carbocycles. The number of ether oxygens (including phenoxy) is 1. The largest absolute Gasteiger partial charge is 0.444 e. The highest BCUT2D eigenvalue weighted by Gasteiger charge is 2.32. The van der Waals surface area contributed by atoms with E-state index in [0.29, 0.717) is 12.0 Å². The summed E-state index contributed by atoms with van der Waals surface area (Å²) in [6, 6.07) is 8.50. The van der Waals surface area contributed by atoms with Crippen molar-refractivity contribution < 1.29 is 9.53 Å². The van der Waals surface area contributed by atoms with Gasteiger partial charge in [0.2, 0.25) is 0 Å². The summed E-state index contributed by atoms with van der Waals surface area (Å²) < 4.78 is 5.54. The molecule has 2 atom stereocenters. The van der Waals surface area contributed by atoms with Crippen LogP contribution >= 0.6 is 11.6 Å². The Balaban J connectivity index is 1.85. The van der Waals surface area contributed by atoms with Crippen molar-refractivity contribution in [1.29, 1.82) is 0 Å². The third-order valence-corrected chi connectivity index (χ3v) is 5.03. The number of nitrogens with zero attached hydrogens (tertiary/aromatic N) is 1. The first-order valence-electron chi connectivity index (χ1n) is 9.74. The minimum Gasteiger partial charge on any atom is -0.444 e. The Kier molecular flexibility index (Phi) is 7.78. The molecule has 4 nitrogen and oxygen atoms in total. The van der Waals surface area contributed by atoms with Gasteiger partial charge in [-0.3, -0.25) is 0 Å². The molecule has 0 bridgehead atoms. The highest BCUT2D eigenvalue weighted by atomic mass is 35.5. The first-order valence-corrected chi connectivity index (χ1v) is 10.1. The van der Waals surface area contributed by atoms with Crippen molar-refractivity contribution in [3.8, 4) is 0 Å². The third-order valence-electron chi connectivity index (χ3n) is 4.78. The van der Waals surface area contributed by atoms with Crippen LogP contribution in [0.4, 0.5) is 4.79 Å². The van der Waals surface area contributed by atoms with Crippen LogP contribution in [0, 0.1) is 5.92 Å². The molecule has 0 unspecified atom stereocenters. The molecule has 1 saturated heterocycles. The van der Waals surface area contributed by atoms with Gasteiger partial charge < -0.3 is 15.0 Å². The van der Waals surface area contributed by atoms with Crippen molar-refractivity contribution >= 4 is 17.7 Å². The smallest absolute Gasteiger partial charge is 0.410 e. The van der Waals surface area contributed by atoms with Gasteiger partial charge in [0.1, 0.15) is 5.60 Å². The lowest BCUT2D eigenvalue weighted by atomic mass is 9.88. The van der Waals surface area contributed by atoms with E-state index >= 15 is 0 Å². The Bertz CT molecular complexity index is 568. The average Bonchev–Trinajstić information content (AvgIpc) is 2.56. The summed E-state index contributed by atoms with van der Waals surface area (Å²) in [7, 11) is 0. The molecule has 2 rings (SSSR count). The molecule has 0 saturated carbocycles. The molecule has 1 aromatic rings. The van der Waals surface area contributed by atoms with E-state index in [4.69, 9.17) is 16.3 Å². The Hall–Kier alpha value is -1.26. The van der Waals surface area contributed by atoms with Crippen molar-refractivity contribution in [3.05, 3.63) is 34.9 Å². The van der Waals surface area contributed by atoms with Crippen molar-refractivity contribution in [2.75, 3.05) is 19.6 Å². The number of carbonyl (C=O) groups is 1. The highest BCUT2D eigenvalue weighted by molar-refractivity contribution is 6.30. The molecule has 5 heteroatoms. The lowest BCUT2D eigenvalue weighted by Crippen LogP contribution is -2.52. The number of nitrogens with one attached hydrogen (secondary N) is 1. The summed E-state index contributed by atoms with van der Waals surface area (Å²) >= 11 is 5.94. The Morgan fingerprint density at radius 3 is 2.62 bits per heavy atom. The second-order valence-corrected chi connectivity index (χ2v) is 8.64. The molecule has 146 valence electrons. The maximum absolute atomic E-state index is 12.4. The van der Waals surface area contributed by atoms with Gasteiger partial charge in [0, 0.05) is 24.2 Å². The van der Waals surface area contributed by atoms with Crippen LogP contribution < -0.4 is 5.32 Å². The maximum atomic E-state index is 12.4.